The van der Waals surface area contributed by atoms with Crippen LogP contribution in [0.25, 0.3) is 0 Å². The highest BCUT2D eigenvalue weighted by atomic mass is 79.9. The van der Waals surface area contributed by atoms with Crippen LogP contribution in [0.2, 0.25) is 0 Å². The molecule has 5 heteroatoms. The van der Waals surface area contributed by atoms with Gasteiger partial charge < -0.3 is 15.2 Å². The Hall–Kier alpha value is -0.490. The number of hydrogen-bond donors (Lipinski definition) is 1. The summed E-state index contributed by atoms with van der Waals surface area (Å²) in [6.07, 6.45) is -0.659. The number of ether oxygens (including phenoxy) is 2. The first-order valence-electron chi connectivity index (χ1n) is 4.37. The van der Waals surface area contributed by atoms with E-state index in [1.54, 1.807) is 18.2 Å². The molecule has 0 aliphatic rings. The molecule has 1 aromatic rings. The number of halogens is 2. The van der Waals surface area contributed by atoms with Crippen molar-refractivity contribution in [2.75, 3.05) is 14.2 Å². The van der Waals surface area contributed by atoms with E-state index in [9.17, 15) is 4.39 Å². The predicted octanol–water partition coefficient (Wildman–Crippen LogP) is 2.21. The minimum atomic E-state index is -0.659. The van der Waals surface area contributed by atoms with Crippen molar-refractivity contribution in [2.24, 2.45) is 5.73 Å². The van der Waals surface area contributed by atoms with Crippen LogP contribution in [-0.2, 0) is 9.47 Å². The lowest BCUT2D eigenvalue weighted by Gasteiger charge is -2.21. The fourth-order valence-electron chi connectivity index (χ4n) is 1.31. The van der Waals surface area contributed by atoms with Gasteiger partial charge in [-0.3, -0.25) is 0 Å². The molecule has 1 unspecified atom stereocenters. The largest absolute Gasteiger partial charge is 0.354 e. The van der Waals surface area contributed by atoms with Gasteiger partial charge in [0.15, 0.2) is 6.29 Å². The van der Waals surface area contributed by atoms with Gasteiger partial charge in [0.1, 0.15) is 5.82 Å². The molecular formula is C10H13BrFNO2. The van der Waals surface area contributed by atoms with Gasteiger partial charge in [0, 0.05) is 19.8 Å². The molecule has 0 saturated heterocycles. The molecule has 0 spiro atoms. The summed E-state index contributed by atoms with van der Waals surface area (Å²) in [5.74, 6) is -0.385. The summed E-state index contributed by atoms with van der Waals surface area (Å²) in [5.41, 5.74) is 6.18. The zero-order valence-electron chi connectivity index (χ0n) is 8.54. The van der Waals surface area contributed by atoms with E-state index in [0.29, 0.717) is 10.0 Å². The van der Waals surface area contributed by atoms with E-state index in [-0.39, 0.29) is 5.82 Å². The van der Waals surface area contributed by atoms with Crippen LogP contribution >= 0.6 is 15.9 Å². The van der Waals surface area contributed by atoms with Crippen molar-refractivity contribution in [1.82, 2.24) is 0 Å². The molecular weight excluding hydrogens is 265 g/mol. The molecule has 0 aliphatic heterocycles. The second-order valence-electron chi connectivity index (χ2n) is 3.01. The molecule has 0 fully saturated rings. The molecule has 0 heterocycles. The number of methoxy groups -OCH3 is 2. The van der Waals surface area contributed by atoms with E-state index < -0.39 is 12.3 Å². The summed E-state index contributed by atoms with van der Waals surface area (Å²) >= 11 is 3.10. The second kappa shape index (κ2) is 5.55. The van der Waals surface area contributed by atoms with E-state index in [0.717, 1.165) is 0 Å². The molecule has 1 aromatic carbocycles. The average Bonchev–Trinajstić information content (AvgIpc) is 2.23. The predicted molar refractivity (Wildman–Crippen MR) is 58.8 cm³/mol. The minimum Gasteiger partial charge on any atom is -0.354 e. The van der Waals surface area contributed by atoms with Crippen LogP contribution in [0.3, 0.4) is 0 Å². The average molecular weight is 278 g/mol. The molecule has 84 valence electrons. The summed E-state index contributed by atoms with van der Waals surface area (Å²) in [6, 6.07) is 4.28. The fourth-order valence-corrected chi connectivity index (χ4v) is 1.70. The van der Waals surface area contributed by atoms with Gasteiger partial charge in [-0.25, -0.2) is 4.39 Å². The third-order valence-corrected chi connectivity index (χ3v) is 2.71. The Morgan fingerprint density at radius 3 is 2.47 bits per heavy atom. The van der Waals surface area contributed by atoms with Crippen LogP contribution < -0.4 is 5.73 Å². The number of benzene rings is 1. The number of rotatable bonds is 4. The Kier molecular flexibility index (Phi) is 4.66. The van der Waals surface area contributed by atoms with Crippen molar-refractivity contribution in [3.63, 3.8) is 0 Å². The second-order valence-corrected chi connectivity index (χ2v) is 3.86. The lowest BCUT2D eigenvalue weighted by molar-refractivity contribution is -0.117. The van der Waals surface area contributed by atoms with Gasteiger partial charge >= 0.3 is 0 Å². The maximum absolute atomic E-state index is 13.6. The lowest BCUT2D eigenvalue weighted by Crippen LogP contribution is -2.30. The first-order valence-corrected chi connectivity index (χ1v) is 5.16. The Morgan fingerprint density at radius 2 is 1.93 bits per heavy atom. The van der Waals surface area contributed by atoms with Crippen molar-refractivity contribution in [2.45, 2.75) is 12.3 Å². The normalized spacial score (nSPS) is 13.2. The highest BCUT2D eigenvalue weighted by molar-refractivity contribution is 9.10. The molecule has 1 rings (SSSR count). The number of nitrogens with two attached hydrogens (primary N) is 1. The molecule has 1 atom stereocenters. The van der Waals surface area contributed by atoms with E-state index in [1.807, 2.05) is 0 Å². The van der Waals surface area contributed by atoms with Crippen LogP contribution in [-0.4, -0.2) is 20.5 Å². The zero-order valence-corrected chi connectivity index (χ0v) is 10.1. The van der Waals surface area contributed by atoms with E-state index >= 15 is 0 Å². The Labute approximate surface area is 96.5 Å². The van der Waals surface area contributed by atoms with Crippen LogP contribution in [0.15, 0.2) is 22.7 Å². The standard InChI is InChI=1S/C10H13BrFNO2/c1-14-10(15-2)9(13)6-4-3-5-7(11)8(6)12/h3-5,9-10H,13H2,1-2H3. The SMILES string of the molecule is COC(OC)C(N)c1cccc(Br)c1F. The Balaban J connectivity index is 2.99. The first kappa shape index (κ1) is 12.6. The van der Waals surface area contributed by atoms with Crippen molar-refractivity contribution in [1.29, 1.82) is 0 Å². The molecule has 3 nitrogen and oxygen atoms in total. The smallest absolute Gasteiger partial charge is 0.176 e. The van der Waals surface area contributed by atoms with Crippen molar-refractivity contribution < 1.29 is 13.9 Å². The zero-order chi connectivity index (χ0) is 11.4. The van der Waals surface area contributed by atoms with E-state index in [1.165, 1.54) is 14.2 Å². The number of hydrogen-bond acceptors (Lipinski definition) is 3. The van der Waals surface area contributed by atoms with E-state index in [2.05, 4.69) is 15.9 Å². The van der Waals surface area contributed by atoms with Gasteiger partial charge in [-0.15, -0.1) is 0 Å². The molecule has 15 heavy (non-hydrogen) atoms. The lowest BCUT2D eigenvalue weighted by atomic mass is 10.1. The Bertz CT molecular complexity index is 331. The van der Waals surface area contributed by atoms with E-state index in [4.69, 9.17) is 15.2 Å². The molecule has 2 N–H and O–H groups in total. The van der Waals surface area contributed by atoms with Crippen molar-refractivity contribution in [3.8, 4) is 0 Å². The Morgan fingerprint density at radius 1 is 1.33 bits per heavy atom. The summed E-state index contributed by atoms with van der Waals surface area (Å²) in [7, 11) is 2.92. The van der Waals surface area contributed by atoms with Gasteiger partial charge in [-0.2, -0.15) is 0 Å². The summed E-state index contributed by atoms with van der Waals surface area (Å²) in [6.45, 7) is 0. The first-order chi connectivity index (χ1) is 7.11. The topological polar surface area (TPSA) is 44.5 Å². The third kappa shape index (κ3) is 2.75. The van der Waals surface area contributed by atoms with Crippen LogP contribution in [0.1, 0.15) is 11.6 Å². The molecule has 0 saturated carbocycles. The molecule has 0 aliphatic carbocycles. The minimum absolute atomic E-state index is 0.359. The maximum Gasteiger partial charge on any atom is 0.176 e. The maximum atomic E-state index is 13.6. The van der Waals surface area contributed by atoms with Crippen molar-refractivity contribution in [3.05, 3.63) is 34.1 Å². The van der Waals surface area contributed by atoms with Crippen molar-refractivity contribution >= 4 is 15.9 Å². The molecule has 0 amide bonds. The van der Waals surface area contributed by atoms with Crippen LogP contribution in [0, 0.1) is 5.82 Å². The molecule has 0 radical (unpaired) electrons. The third-order valence-electron chi connectivity index (χ3n) is 2.10. The summed E-state index contributed by atoms with van der Waals surface area (Å²) in [4.78, 5) is 0. The van der Waals surface area contributed by atoms with Gasteiger partial charge in [-0.05, 0) is 22.0 Å². The highest BCUT2D eigenvalue weighted by Gasteiger charge is 2.22. The van der Waals surface area contributed by atoms with Crippen LogP contribution in [0.5, 0.6) is 0 Å². The van der Waals surface area contributed by atoms with Gasteiger partial charge in [-0.1, -0.05) is 12.1 Å². The molecule has 0 aromatic heterocycles. The quantitative estimate of drug-likeness (QED) is 0.859. The summed E-state index contributed by atoms with van der Waals surface area (Å²) in [5, 5.41) is 0. The van der Waals surface area contributed by atoms with Gasteiger partial charge in [0.05, 0.1) is 10.5 Å². The van der Waals surface area contributed by atoms with Gasteiger partial charge in [0.25, 0.3) is 0 Å². The fraction of sp³-hybridized carbons (Fsp3) is 0.400. The van der Waals surface area contributed by atoms with Gasteiger partial charge in [0.2, 0.25) is 0 Å². The monoisotopic (exact) mass is 277 g/mol. The van der Waals surface area contributed by atoms with Crippen LogP contribution in [0.4, 0.5) is 4.39 Å². The highest BCUT2D eigenvalue weighted by Crippen LogP contribution is 2.25. The molecule has 0 bridgehead atoms. The summed E-state index contributed by atoms with van der Waals surface area (Å²) < 4.78 is 24.0.